The number of likely N-dealkylation sites (N-methyl/N-ethyl adjacent to an activating group) is 1. The van der Waals surface area contributed by atoms with Crippen LogP contribution in [-0.2, 0) is 0 Å². The molecule has 0 radical (unpaired) electrons. The highest BCUT2D eigenvalue weighted by Crippen LogP contribution is 2.18. The molecule has 0 amide bonds. The van der Waals surface area contributed by atoms with Crippen LogP contribution < -0.4 is 5.32 Å². The maximum atomic E-state index is 4.30. The van der Waals surface area contributed by atoms with E-state index in [1.807, 2.05) is 5.38 Å². The SMILES string of the molecule is CN1CCN(CCNc2nc(Br)cs2)CC1. The maximum absolute atomic E-state index is 4.30. The third kappa shape index (κ3) is 3.69. The van der Waals surface area contributed by atoms with Crippen LogP contribution in [0.4, 0.5) is 5.13 Å². The third-order valence-electron chi connectivity index (χ3n) is 2.78. The first kappa shape index (κ1) is 12.3. The van der Waals surface area contributed by atoms with E-state index in [0.29, 0.717) is 0 Å². The standard InChI is InChI=1S/C10H17BrN4S/c1-14-4-6-15(7-5-14)3-2-12-10-13-9(11)8-16-10/h8H,2-7H2,1H3,(H,12,13). The Morgan fingerprint density at radius 3 is 2.81 bits per heavy atom. The molecule has 2 rings (SSSR count). The van der Waals surface area contributed by atoms with Crippen LogP contribution in [0, 0.1) is 0 Å². The zero-order chi connectivity index (χ0) is 11.4. The zero-order valence-corrected chi connectivity index (χ0v) is 11.9. The fourth-order valence-corrected chi connectivity index (χ4v) is 2.90. The van der Waals surface area contributed by atoms with Crippen LogP contribution in [0.2, 0.25) is 0 Å². The van der Waals surface area contributed by atoms with Crippen molar-refractivity contribution >= 4 is 32.4 Å². The Bertz CT molecular complexity index is 322. The normalized spacial score (nSPS) is 18.9. The minimum atomic E-state index is 0.916. The second-order valence-electron chi connectivity index (χ2n) is 4.05. The molecule has 1 aliphatic heterocycles. The Morgan fingerprint density at radius 1 is 1.44 bits per heavy atom. The van der Waals surface area contributed by atoms with E-state index in [2.05, 4.69) is 43.1 Å². The van der Waals surface area contributed by atoms with Crippen molar-refractivity contribution in [1.29, 1.82) is 0 Å². The largest absolute Gasteiger partial charge is 0.360 e. The molecule has 1 aliphatic rings. The third-order valence-corrected chi connectivity index (χ3v) is 4.29. The van der Waals surface area contributed by atoms with Crippen LogP contribution in [0.1, 0.15) is 0 Å². The number of nitrogens with zero attached hydrogens (tertiary/aromatic N) is 3. The minimum absolute atomic E-state index is 0.916. The molecule has 0 bridgehead atoms. The van der Waals surface area contributed by atoms with Gasteiger partial charge in [0, 0.05) is 44.6 Å². The van der Waals surface area contributed by atoms with Gasteiger partial charge in [0.15, 0.2) is 5.13 Å². The fraction of sp³-hybridized carbons (Fsp3) is 0.700. The first-order chi connectivity index (χ1) is 7.74. The molecule has 2 heterocycles. The van der Waals surface area contributed by atoms with Crippen LogP contribution in [-0.4, -0.2) is 61.1 Å². The predicted molar refractivity (Wildman–Crippen MR) is 72.2 cm³/mol. The molecule has 0 spiro atoms. The molecule has 1 N–H and O–H groups in total. The van der Waals surface area contributed by atoms with Gasteiger partial charge in [-0.15, -0.1) is 11.3 Å². The van der Waals surface area contributed by atoms with E-state index < -0.39 is 0 Å². The summed E-state index contributed by atoms with van der Waals surface area (Å²) in [4.78, 5) is 9.18. The molecule has 0 atom stereocenters. The van der Waals surface area contributed by atoms with Crippen molar-refractivity contribution in [3.63, 3.8) is 0 Å². The van der Waals surface area contributed by atoms with Crippen molar-refractivity contribution in [2.75, 3.05) is 51.6 Å². The molecule has 1 saturated heterocycles. The summed E-state index contributed by atoms with van der Waals surface area (Å²) in [5.74, 6) is 0. The molecule has 0 aliphatic carbocycles. The second kappa shape index (κ2) is 5.95. The van der Waals surface area contributed by atoms with E-state index in [1.165, 1.54) is 26.2 Å². The van der Waals surface area contributed by atoms with Crippen molar-refractivity contribution < 1.29 is 0 Å². The van der Waals surface area contributed by atoms with Crippen LogP contribution in [0.15, 0.2) is 9.98 Å². The van der Waals surface area contributed by atoms with Gasteiger partial charge in [-0.25, -0.2) is 4.98 Å². The molecule has 0 aromatic carbocycles. The molecule has 0 unspecified atom stereocenters. The Labute approximate surface area is 109 Å². The van der Waals surface area contributed by atoms with Gasteiger partial charge in [-0.2, -0.15) is 0 Å². The van der Waals surface area contributed by atoms with Gasteiger partial charge >= 0.3 is 0 Å². The highest BCUT2D eigenvalue weighted by molar-refractivity contribution is 9.10. The van der Waals surface area contributed by atoms with Gasteiger partial charge in [0.2, 0.25) is 0 Å². The zero-order valence-electron chi connectivity index (χ0n) is 9.45. The Hall–Kier alpha value is -0.170. The van der Waals surface area contributed by atoms with Crippen LogP contribution >= 0.6 is 27.3 Å². The number of anilines is 1. The second-order valence-corrected chi connectivity index (χ2v) is 5.72. The molecular weight excluding hydrogens is 288 g/mol. The number of hydrogen-bond donors (Lipinski definition) is 1. The number of hydrogen-bond acceptors (Lipinski definition) is 5. The monoisotopic (exact) mass is 304 g/mol. The Balaban J connectivity index is 1.64. The molecule has 1 aromatic rings. The smallest absolute Gasteiger partial charge is 0.183 e. The number of nitrogens with one attached hydrogen (secondary N) is 1. The van der Waals surface area contributed by atoms with Crippen molar-refractivity contribution in [3.05, 3.63) is 9.98 Å². The molecular formula is C10H17BrN4S. The lowest BCUT2D eigenvalue weighted by molar-refractivity contribution is 0.158. The molecule has 16 heavy (non-hydrogen) atoms. The number of halogens is 1. The highest BCUT2D eigenvalue weighted by Gasteiger charge is 2.12. The summed E-state index contributed by atoms with van der Waals surface area (Å²) < 4.78 is 0.916. The van der Waals surface area contributed by atoms with Crippen molar-refractivity contribution in [2.24, 2.45) is 0 Å². The molecule has 4 nitrogen and oxygen atoms in total. The average molecular weight is 305 g/mol. The van der Waals surface area contributed by atoms with Gasteiger partial charge in [-0.05, 0) is 23.0 Å². The topological polar surface area (TPSA) is 31.4 Å². The summed E-state index contributed by atoms with van der Waals surface area (Å²) in [5.41, 5.74) is 0. The summed E-state index contributed by atoms with van der Waals surface area (Å²) >= 11 is 4.99. The maximum Gasteiger partial charge on any atom is 0.183 e. The van der Waals surface area contributed by atoms with E-state index >= 15 is 0 Å². The highest BCUT2D eigenvalue weighted by atomic mass is 79.9. The number of rotatable bonds is 4. The summed E-state index contributed by atoms with van der Waals surface area (Å²) in [6.45, 7) is 6.81. The molecule has 6 heteroatoms. The summed E-state index contributed by atoms with van der Waals surface area (Å²) in [6, 6.07) is 0. The van der Waals surface area contributed by atoms with Crippen LogP contribution in [0.3, 0.4) is 0 Å². The first-order valence-electron chi connectivity index (χ1n) is 5.50. The van der Waals surface area contributed by atoms with Gasteiger partial charge in [-0.3, -0.25) is 4.90 Å². The van der Waals surface area contributed by atoms with Crippen LogP contribution in [0.25, 0.3) is 0 Å². The summed E-state index contributed by atoms with van der Waals surface area (Å²) in [6.07, 6.45) is 0. The van der Waals surface area contributed by atoms with Crippen LogP contribution in [0.5, 0.6) is 0 Å². The van der Waals surface area contributed by atoms with Crippen molar-refractivity contribution in [1.82, 2.24) is 14.8 Å². The number of aromatic nitrogens is 1. The lowest BCUT2D eigenvalue weighted by atomic mass is 10.3. The van der Waals surface area contributed by atoms with Gasteiger partial charge in [0.05, 0.1) is 0 Å². The predicted octanol–water partition coefficient (Wildman–Crippen LogP) is 1.56. The molecule has 1 fully saturated rings. The number of thiazole rings is 1. The summed E-state index contributed by atoms with van der Waals surface area (Å²) in [7, 11) is 2.18. The van der Waals surface area contributed by atoms with E-state index in [-0.39, 0.29) is 0 Å². The minimum Gasteiger partial charge on any atom is -0.360 e. The Kier molecular flexibility index (Phi) is 4.57. The van der Waals surface area contributed by atoms with Crippen molar-refractivity contribution in [2.45, 2.75) is 0 Å². The van der Waals surface area contributed by atoms with E-state index in [9.17, 15) is 0 Å². The van der Waals surface area contributed by atoms with E-state index in [4.69, 9.17) is 0 Å². The quantitative estimate of drug-likeness (QED) is 0.915. The lowest BCUT2D eigenvalue weighted by Crippen LogP contribution is -2.45. The van der Waals surface area contributed by atoms with Gasteiger partial charge < -0.3 is 10.2 Å². The summed E-state index contributed by atoms with van der Waals surface area (Å²) in [5, 5.41) is 6.35. The van der Waals surface area contributed by atoms with Gasteiger partial charge in [0.1, 0.15) is 4.60 Å². The van der Waals surface area contributed by atoms with E-state index in [1.54, 1.807) is 11.3 Å². The first-order valence-corrected chi connectivity index (χ1v) is 7.17. The fourth-order valence-electron chi connectivity index (χ4n) is 1.73. The lowest BCUT2D eigenvalue weighted by Gasteiger charge is -2.32. The molecule has 0 saturated carbocycles. The van der Waals surface area contributed by atoms with Gasteiger partial charge in [-0.1, -0.05) is 0 Å². The molecule has 1 aromatic heterocycles. The van der Waals surface area contributed by atoms with E-state index in [0.717, 1.165) is 22.8 Å². The van der Waals surface area contributed by atoms with Gasteiger partial charge in [0.25, 0.3) is 0 Å². The number of piperazine rings is 1. The van der Waals surface area contributed by atoms with Crippen molar-refractivity contribution in [3.8, 4) is 0 Å². The Morgan fingerprint density at radius 2 is 2.19 bits per heavy atom. The molecule has 90 valence electrons. The average Bonchev–Trinajstić information content (AvgIpc) is 2.67.